The summed E-state index contributed by atoms with van der Waals surface area (Å²) in [5, 5.41) is 16.9. The summed E-state index contributed by atoms with van der Waals surface area (Å²) in [7, 11) is 2.77. The van der Waals surface area contributed by atoms with E-state index in [-0.39, 0.29) is 17.5 Å². The number of aromatic hydroxyl groups is 1. The number of phenolic OH excluding ortho intramolecular Hbond substituents is 1. The summed E-state index contributed by atoms with van der Waals surface area (Å²) >= 11 is 0. The van der Waals surface area contributed by atoms with Crippen LogP contribution >= 0.6 is 0 Å². The lowest BCUT2D eigenvalue weighted by molar-refractivity contribution is -0.151. The Balaban J connectivity index is 1.89. The summed E-state index contributed by atoms with van der Waals surface area (Å²) in [6.07, 6.45) is 0.530. The van der Waals surface area contributed by atoms with Crippen molar-refractivity contribution >= 4 is 23.1 Å². The Labute approximate surface area is 174 Å². The van der Waals surface area contributed by atoms with Crippen molar-refractivity contribution in [3.8, 4) is 11.5 Å². The lowest BCUT2D eigenvalue weighted by Crippen LogP contribution is -2.39. The highest BCUT2D eigenvalue weighted by atomic mass is 16.5. The van der Waals surface area contributed by atoms with E-state index in [2.05, 4.69) is 10.6 Å². The highest BCUT2D eigenvalue weighted by molar-refractivity contribution is 6.11. The zero-order chi connectivity index (χ0) is 21.4. The van der Waals surface area contributed by atoms with Crippen molar-refractivity contribution in [1.29, 1.82) is 0 Å². The third-order valence-corrected chi connectivity index (χ3v) is 5.76. The quantitative estimate of drug-likeness (QED) is 0.527. The lowest BCUT2D eigenvalue weighted by Gasteiger charge is -2.32. The maximum Gasteiger partial charge on any atom is 0.316 e. The van der Waals surface area contributed by atoms with Gasteiger partial charge in [0.05, 0.1) is 31.6 Å². The number of anilines is 2. The van der Waals surface area contributed by atoms with Gasteiger partial charge in [0.25, 0.3) is 0 Å². The van der Waals surface area contributed by atoms with Crippen molar-refractivity contribution in [2.75, 3.05) is 24.9 Å². The fraction of sp³-hybridized carbons (Fsp3) is 0.304. The molecule has 3 N–H and O–H groups in total. The number of para-hydroxylation sites is 2. The van der Waals surface area contributed by atoms with Gasteiger partial charge in [-0.25, -0.2) is 0 Å². The first-order valence-electron chi connectivity index (χ1n) is 9.79. The third kappa shape index (κ3) is 3.26. The average Bonchev–Trinajstić information content (AvgIpc) is 2.90. The number of carbonyl (C=O) groups is 2. The predicted molar refractivity (Wildman–Crippen MR) is 112 cm³/mol. The zero-order valence-corrected chi connectivity index (χ0v) is 17.1. The van der Waals surface area contributed by atoms with Gasteiger partial charge < -0.3 is 25.2 Å². The van der Waals surface area contributed by atoms with E-state index < -0.39 is 17.9 Å². The molecule has 7 heteroatoms. The minimum atomic E-state index is -0.861. The highest BCUT2D eigenvalue weighted by Crippen LogP contribution is 2.44. The molecule has 2 aromatic carbocycles. The van der Waals surface area contributed by atoms with Crippen LogP contribution in [0.1, 0.15) is 24.9 Å². The van der Waals surface area contributed by atoms with E-state index in [0.29, 0.717) is 17.7 Å². The van der Waals surface area contributed by atoms with Crippen LogP contribution in [0.2, 0.25) is 0 Å². The van der Waals surface area contributed by atoms with E-state index in [0.717, 1.165) is 22.6 Å². The van der Waals surface area contributed by atoms with E-state index in [9.17, 15) is 14.7 Å². The van der Waals surface area contributed by atoms with Crippen LogP contribution in [-0.4, -0.2) is 31.1 Å². The van der Waals surface area contributed by atoms with Gasteiger partial charge in [-0.2, -0.15) is 0 Å². The summed E-state index contributed by atoms with van der Waals surface area (Å²) in [5.41, 5.74) is 3.70. The zero-order valence-electron chi connectivity index (χ0n) is 17.1. The SMILES string of the molecule is COC(=O)[C@H]1C(=O)C2=C(C[C@@H]1C)Nc1ccccc1N[C@H]2c1ccc(O)c(OC)c1. The second-order valence-electron chi connectivity index (χ2n) is 7.62. The molecule has 0 fully saturated rings. The smallest absolute Gasteiger partial charge is 0.316 e. The summed E-state index contributed by atoms with van der Waals surface area (Å²) in [5.74, 6) is -1.53. The normalized spacial score (nSPS) is 22.8. The Kier molecular flexibility index (Phi) is 5.11. The highest BCUT2D eigenvalue weighted by Gasteiger charge is 2.44. The first-order chi connectivity index (χ1) is 14.4. The molecule has 0 unspecified atom stereocenters. The van der Waals surface area contributed by atoms with Crippen molar-refractivity contribution in [3.63, 3.8) is 0 Å². The number of benzene rings is 2. The molecule has 1 heterocycles. The molecule has 0 bridgehead atoms. The lowest BCUT2D eigenvalue weighted by atomic mass is 9.75. The number of hydrogen-bond donors (Lipinski definition) is 3. The molecule has 0 radical (unpaired) electrons. The van der Waals surface area contributed by atoms with E-state index >= 15 is 0 Å². The molecule has 0 aromatic heterocycles. The second kappa shape index (κ2) is 7.74. The predicted octanol–water partition coefficient (Wildman–Crippen LogP) is 3.63. The second-order valence-corrected chi connectivity index (χ2v) is 7.62. The van der Waals surface area contributed by atoms with E-state index in [1.165, 1.54) is 20.3 Å². The minimum absolute atomic E-state index is 0.0126. The van der Waals surface area contributed by atoms with Gasteiger partial charge in [-0.05, 0) is 42.2 Å². The Morgan fingerprint density at radius 2 is 1.87 bits per heavy atom. The van der Waals surface area contributed by atoms with Crippen LogP contribution in [-0.2, 0) is 14.3 Å². The van der Waals surface area contributed by atoms with Crippen molar-refractivity contribution in [1.82, 2.24) is 0 Å². The van der Waals surface area contributed by atoms with Crippen molar-refractivity contribution in [3.05, 3.63) is 59.3 Å². The maximum atomic E-state index is 13.6. The fourth-order valence-electron chi connectivity index (χ4n) is 4.26. The fourth-order valence-corrected chi connectivity index (χ4v) is 4.26. The van der Waals surface area contributed by atoms with Gasteiger partial charge >= 0.3 is 5.97 Å². The number of allylic oxidation sites excluding steroid dienone is 1. The molecule has 3 atom stereocenters. The molecule has 156 valence electrons. The van der Waals surface area contributed by atoms with Crippen molar-refractivity contribution in [2.24, 2.45) is 11.8 Å². The van der Waals surface area contributed by atoms with E-state index in [1.807, 2.05) is 31.2 Å². The van der Waals surface area contributed by atoms with Crippen molar-refractivity contribution < 1.29 is 24.2 Å². The number of carbonyl (C=O) groups excluding carboxylic acids is 2. The van der Waals surface area contributed by atoms with Gasteiger partial charge in [0, 0.05) is 11.3 Å². The number of esters is 1. The summed E-state index contributed by atoms with van der Waals surface area (Å²) in [6.45, 7) is 1.88. The standard InChI is InChI=1S/C23H24N2O5/c1-12-10-16-20(22(27)19(12)23(28)30-3)21(13-8-9-17(26)18(11-13)29-2)25-15-7-5-4-6-14(15)24-16/h4-9,11-12,19,21,24-26H,10H2,1-3H3/t12-,19+,21-/m0/s1. The molecule has 30 heavy (non-hydrogen) atoms. The van der Waals surface area contributed by atoms with Crippen LogP contribution in [0, 0.1) is 11.8 Å². The first kappa shape index (κ1) is 19.8. The monoisotopic (exact) mass is 408 g/mol. The molecule has 1 aliphatic carbocycles. The molecule has 2 aliphatic rings. The van der Waals surface area contributed by atoms with Gasteiger partial charge in [-0.1, -0.05) is 25.1 Å². The molecule has 7 nitrogen and oxygen atoms in total. The molecule has 4 rings (SSSR count). The number of fused-ring (bicyclic) bond motifs is 1. The number of hydrogen-bond acceptors (Lipinski definition) is 7. The van der Waals surface area contributed by atoms with Crippen LogP contribution in [0.15, 0.2) is 53.7 Å². The first-order valence-corrected chi connectivity index (χ1v) is 9.79. The number of ether oxygens (including phenoxy) is 2. The van der Waals surface area contributed by atoms with E-state index in [1.54, 1.807) is 12.1 Å². The van der Waals surface area contributed by atoms with Gasteiger partial charge in [0.2, 0.25) is 0 Å². The number of rotatable bonds is 3. The summed E-state index contributed by atoms with van der Waals surface area (Å²) < 4.78 is 10.2. The molecule has 0 spiro atoms. The third-order valence-electron chi connectivity index (χ3n) is 5.76. The Bertz CT molecular complexity index is 1050. The number of Topliss-reactive ketones (excluding diaryl/α,β-unsaturated/α-hetero) is 1. The average molecular weight is 408 g/mol. The Hall–Kier alpha value is -3.48. The molecule has 2 aromatic rings. The summed E-state index contributed by atoms with van der Waals surface area (Å²) in [6, 6.07) is 12.1. The Morgan fingerprint density at radius 3 is 2.57 bits per heavy atom. The molecule has 0 saturated carbocycles. The minimum Gasteiger partial charge on any atom is -0.504 e. The number of phenols is 1. The van der Waals surface area contributed by atoms with Gasteiger partial charge in [-0.3, -0.25) is 9.59 Å². The Morgan fingerprint density at radius 1 is 1.13 bits per heavy atom. The van der Waals surface area contributed by atoms with Gasteiger partial charge in [0.15, 0.2) is 17.3 Å². The summed E-state index contributed by atoms with van der Waals surface area (Å²) in [4.78, 5) is 26.0. The van der Waals surface area contributed by atoms with Crippen LogP contribution in [0.25, 0.3) is 0 Å². The number of methoxy groups -OCH3 is 2. The van der Waals surface area contributed by atoms with Crippen LogP contribution in [0.3, 0.4) is 0 Å². The maximum absolute atomic E-state index is 13.6. The van der Waals surface area contributed by atoms with Crippen LogP contribution < -0.4 is 15.4 Å². The van der Waals surface area contributed by atoms with Crippen LogP contribution in [0.4, 0.5) is 11.4 Å². The van der Waals surface area contributed by atoms with E-state index in [4.69, 9.17) is 9.47 Å². The van der Waals surface area contributed by atoms with Crippen molar-refractivity contribution in [2.45, 2.75) is 19.4 Å². The van der Waals surface area contributed by atoms with Crippen LogP contribution in [0.5, 0.6) is 11.5 Å². The molecule has 0 saturated heterocycles. The molecule has 0 amide bonds. The number of nitrogens with one attached hydrogen (secondary N) is 2. The molecular weight excluding hydrogens is 384 g/mol. The number of ketones is 1. The largest absolute Gasteiger partial charge is 0.504 e. The molecular formula is C23H24N2O5. The molecule has 1 aliphatic heterocycles. The van der Waals surface area contributed by atoms with Gasteiger partial charge in [0.1, 0.15) is 5.92 Å². The topological polar surface area (TPSA) is 96.9 Å². The van der Waals surface area contributed by atoms with Gasteiger partial charge in [-0.15, -0.1) is 0 Å².